The van der Waals surface area contributed by atoms with Gasteiger partial charge in [-0.15, -0.1) is 0 Å². The molecule has 22 heavy (non-hydrogen) atoms. The van der Waals surface area contributed by atoms with E-state index in [1.165, 1.54) is 5.69 Å². The minimum Gasteiger partial charge on any atom is -0.372 e. The van der Waals surface area contributed by atoms with Crippen molar-refractivity contribution in [1.82, 2.24) is 4.90 Å². The van der Waals surface area contributed by atoms with E-state index in [0.717, 1.165) is 25.1 Å². The molecule has 1 rings (SSSR count). The number of nitrogens with two attached hydrogens (primary N) is 1. The van der Waals surface area contributed by atoms with Crippen LogP contribution in [0.4, 0.5) is 5.69 Å². The summed E-state index contributed by atoms with van der Waals surface area (Å²) >= 11 is 0. The zero-order valence-electron chi connectivity index (χ0n) is 14.7. The molecule has 0 heterocycles. The molecule has 0 aliphatic rings. The summed E-state index contributed by atoms with van der Waals surface area (Å²) < 4.78 is 0. The van der Waals surface area contributed by atoms with E-state index in [0.29, 0.717) is 13.1 Å². The molecule has 0 aromatic heterocycles. The van der Waals surface area contributed by atoms with Gasteiger partial charge in [-0.05, 0) is 49.6 Å². The number of carbonyl (C=O) groups excluding carboxylic acids is 1. The van der Waals surface area contributed by atoms with E-state index in [1.54, 1.807) is 4.90 Å². The lowest BCUT2D eigenvalue weighted by Gasteiger charge is -2.29. The number of rotatable bonds is 8. The van der Waals surface area contributed by atoms with E-state index in [1.807, 2.05) is 31.3 Å². The molecule has 124 valence electrons. The highest BCUT2D eigenvalue weighted by Gasteiger charge is 2.22. The van der Waals surface area contributed by atoms with Gasteiger partial charge in [-0.25, -0.2) is 0 Å². The van der Waals surface area contributed by atoms with Crippen LogP contribution in [0.1, 0.15) is 44.5 Å². The van der Waals surface area contributed by atoms with Crippen LogP contribution >= 0.6 is 0 Å². The van der Waals surface area contributed by atoms with Gasteiger partial charge in [0.15, 0.2) is 0 Å². The Morgan fingerprint density at radius 1 is 1.18 bits per heavy atom. The minimum absolute atomic E-state index is 0.0478. The van der Waals surface area contributed by atoms with E-state index < -0.39 is 0 Å². The molecule has 0 bridgehead atoms. The summed E-state index contributed by atoms with van der Waals surface area (Å²) in [5.41, 5.74) is 7.58. The van der Waals surface area contributed by atoms with Gasteiger partial charge in [0, 0.05) is 37.9 Å². The smallest absolute Gasteiger partial charge is 0.253 e. The van der Waals surface area contributed by atoms with Gasteiger partial charge in [-0.3, -0.25) is 4.79 Å². The number of nitrogens with zero attached hydrogens (tertiary/aromatic N) is 2. The van der Waals surface area contributed by atoms with Crippen molar-refractivity contribution in [3.05, 3.63) is 29.8 Å². The second-order valence-corrected chi connectivity index (χ2v) is 6.66. The van der Waals surface area contributed by atoms with E-state index in [-0.39, 0.29) is 11.3 Å². The molecule has 0 fully saturated rings. The van der Waals surface area contributed by atoms with Gasteiger partial charge in [-0.2, -0.15) is 0 Å². The van der Waals surface area contributed by atoms with E-state index >= 15 is 0 Å². The SMILES string of the molecule is CCCN(CC)c1ccc(C(=O)N(C)CC(C)(C)CN)cc1. The van der Waals surface area contributed by atoms with Crippen LogP contribution in [0.3, 0.4) is 0 Å². The second kappa shape index (κ2) is 8.18. The minimum atomic E-state index is -0.0650. The number of amides is 1. The Kier molecular flexibility index (Phi) is 6.88. The molecule has 1 aromatic rings. The summed E-state index contributed by atoms with van der Waals surface area (Å²) in [7, 11) is 1.84. The zero-order chi connectivity index (χ0) is 16.8. The van der Waals surface area contributed by atoms with Crippen LogP contribution in [0, 0.1) is 5.41 Å². The fraction of sp³-hybridized carbons (Fsp3) is 0.611. The van der Waals surface area contributed by atoms with Crippen LogP contribution < -0.4 is 10.6 Å². The largest absolute Gasteiger partial charge is 0.372 e. The summed E-state index contributed by atoms with van der Waals surface area (Å²) in [6.07, 6.45) is 1.12. The molecule has 4 nitrogen and oxygen atoms in total. The maximum absolute atomic E-state index is 12.5. The van der Waals surface area contributed by atoms with Crippen molar-refractivity contribution < 1.29 is 4.79 Å². The van der Waals surface area contributed by atoms with Gasteiger partial charge in [0.25, 0.3) is 5.91 Å². The van der Waals surface area contributed by atoms with Crippen molar-refractivity contribution in [1.29, 1.82) is 0 Å². The highest BCUT2D eigenvalue weighted by Crippen LogP contribution is 2.18. The third kappa shape index (κ3) is 5.02. The first-order chi connectivity index (χ1) is 10.3. The lowest BCUT2D eigenvalue weighted by molar-refractivity contribution is 0.0740. The van der Waals surface area contributed by atoms with Gasteiger partial charge in [0.05, 0.1) is 0 Å². The van der Waals surface area contributed by atoms with Crippen molar-refractivity contribution in [2.45, 2.75) is 34.1 Å². The first kappa shape index (κ1) is 18.5. The van der Waals surface area contributed by atoms with Gasteiger partial charge >= 0.3 is 0 Å². The first-order valence-corrected chi connectivity index (χ1v) is 8.15. The first-order valence-electron chi connectivity index (χ1n) is 8.15. The summed E-state index contributed by atoms with van der Waals surface area (Å²) in [5, 5.41) is 0. The van der Waals surface area contributed by atoms with E-state index in [2.05, 4.69) is 32.6 Å². The maximum atomic E-state index is 12.5. The van der Waals surface area contributed by atoms with Gasteiger partial charge in [-0.1, -0.05) is 20.8 Å². The highest BCUT2D eigenvalue weighted by molar-refractivity contribution is 5.94. The van der Waals surface area contributed by atoms with Crippen molar-refractivity contribution >= 4 is 11.6 Å². The molecule has 1 aromatic carbocycles. The fourth-order valence-corrected chi connectivity index (χ4v) is 2.55. The average Bonchev–Trinajstić information content (AvgIpc) is 2.51. The Morgan fingerprint density at radius 3 is 2.23 bits per heavy atom. The molecule has 4 heteroatoms. The maximum Gasteiger partial charge on any atom is 0.253 e. The van der Waals surface area contributed by atoms with Crippen LogP contribution in [-0.2, 0) is 0 Å². The van der Waals surface area contributed by atoms with E-state index in [4.69, 9.17) is 5.73 Å². The molecular formula is C18H31N3O. The van der Waals surface area contributed by atoms with Gasteiger partial charge in [0.1, 0.15) is 0 Å². The van der Waals surface area contributed by atoms with E-state index in [9.17, 15) is 4.79 Å². The zero-order valence-corrected chi connectivity index (χ0v) is 14.7. The average molecular weight is 305 g/mol. The van der Waals surface area contributed by atoms with Crippen LogP contribution in [0.2, 0.25) is 0 Å². The highest BCUT2D eigenvalue weighted by atomic mass is 16.2. The molecule has 0 atom stereocenters. The van der Waals surface area contributed by atoms with Crippen molar-refractivity contribution in [2.75, 3.05) is 38.1 Å². The van der Waals surface area contributed by atoms with Crippen LogP contribution in [0.25, 0.3) is 0 Å². The number of hydrogen-bond acceptors (Lipinski definition) is 3. The molecule has 1 amide bonds. The molecular weight excluding hydrogens is 274 g/mol. The fourth-order valence-electron chi connectivity index (χ4n) is 2.55. The Bertz CT molecular complexity index is 468. The molecule has 0 saturated heterocycles. The summed E-state index contributed by atoms with van der Waals surface area (Å²) in [4.78, 5) is 16.6. The lowest BCUT2D eigenvalue weighted by Crippen LogP contribution is -2.39. The molecule has 0 saturated carbocycles. The number of anilines is 1. The second-order valence-electron chi connectivity index (χ2n) is 6.66. The van der Waals surface area contributed by atoms with Crippen molar-refractivity contribution in [3.63, 3.8) is 0 Å². The molecule has 0 radical (unpaired) electrons. The van der Waals surface area contributed by atoms with Gasteiger partial charge < -0.3 is 15.5 Å². The van der Waals surface area contributed by atoms with Gasteiger partial charge in [0.2, 0.25) is 0 Å². The predicted octanol–water partition coefficient (Wildman–Crippen LogP) is 2.98. The van der Waals surface area contributed by atoms with Crippen LogP contribution in [0.5, 0.6) is 0 Å². The summed E-state index contributed by atoms with van der Waals surface area (Å²) in [6, 6.07) is 7.91. The normalized spacial score (nSPS) is 11.4. The summed E-state index contributed by atoms with van der Waals surface area (Å²) in [5.74, 6) is 0.0478. The summed E-state index contributed by atoms with van der Waals surface area (Å²) in [6.45, 7) is 11.7. The molecule has 0 unspecified atom stereocenters. The van der Waals surface area contributed by atoms with Crippen molar-refractivity contribution in [3.8, 4) is 0 Å². The lowest BCUT2D eigenvalue weighted by atomic mass is 9.93. The van der Waals surface area contributed by atoms with Crippen LogP contribution in [0.15, 0.2) is 24.3 Å². The topological polar surface area (TPSA) is 49.6 Å². The Morgan fingerprint density at radius 2 is 1.77 bits per heavy atom. The third-order valence-electron chi connectivity index (χ3n) is 3.92. The third-order valence-corrected chi connectivity index (χ3v) is 3.92. The Balaban J connectivity index is 2.79. The van der Waals surface area contributed by atoms with Crippen LogP contribution in [-0.4, -0.2) is 44.0 Å². The Hall–Kier alpha value is -1.55. The molecule has 2 N–H and O–H groups in total. The predicted molar refractivity (Wildman–Crippen MR) is 94.4 cm³/mol. The molecule has 0 spiro atoms. The number of carbonyl (C=O) groups is 1. The number of benzene rings is 1. The molecule has 0 aliphatic heterocycles. The monoisotopic (exact) mass is 305 g/mol. The quantitative estimate of drug-likeness (QED) is 0.803. The standard InChI is InChI=1S/C18H31N3O/c1-6-12-21(7-2)16-10-8-15(9-11-16)17(22)20(5)14-18(3,4)13-19/h8-11H,6-7,12-14,19H2,1-5H3. The van der Waals surface area contributed by atoms with Crippen molar-refractivity contribution in [2.24, 2.45) is 11.1 Å². The number of hydrogen-bond donors (Lipinski definition) is 1. The Labute approximate surface area is 135 Å². The molecule has 0 aliphatic carbocycles.